The molecular formula is C25H36N8O2S. The highest BCUT2D eigenvalue weighted by atomic mass is 32.2. The molecule has 0 radical (unpaired) electrons. The summed E-state index contributed by atoms with van der Waals surface area (Å²) in [5, 5.41) is 20.8. The summed E-state index contributed by atoms with van der Waals surface area (Å²) >= 11 is 1.41. The predicted octanol–water partition coefficient (Wildman–Crippen LogP) is 3.29. The van der Waals surface area contributed by atoms with Crippen LogP contribution in [0.4, 0.5) is 17.3 Å². The Bertz CT molecular complexity index is 1100. The van der Waals surface area contributed by atoms with Gasteiger partial charge in [-0.2, -0.15) is 0 Å². The highest BCUT2D eigenvalue weighted by molar-refractivity contribution is 7.99. The van der Waals surface area contributed by atoms with Gasteiger partial charge in [-0.05, 0) is 56.8 Å². The summed E-state index contributed by atoms with van der Waals surface area (Å²) in [7, 11) is 0. The largest absolute Gasteiger partial charge is 0.394 e. The SMILES string of the molecule is CCC(=O)Nc1ccc(Sc2nc(N=C(N)CC(C)=N)cc(N3CCN(C(C)(C)CO)CC3)n2)cc1. The summed E-state index contributed by atoms with van der Waals surface area (Å²) in [6.07, 6.45) is 0.703. The van der Waals surface area contributed by atoms with E-state index in [0.29, 0.717) is 28.9 Å². The summed E-state index contributed by atoms with van der Waals surface area (Å²) in [6, 6.07) is 9.36. The molecule has 1 amide bonds. The molecule has 2 aromatic rings. The van der Waals surface area contributed by atoms with Crippen molar-refractivity contribution in [3.05, 3.63) is 30.3 Å². The van der Waals surface area contributed by atoms with Crippen LogP contribution in [0.1, 0.15) is 40.5 Å². The number of nitrogens with zero attached hydrogens (tertiary/aromatic N) is 5. The van der Waals surface area contributed by atoms with Crippen molar-refractivity contribution in [1.82, 2.24) is 14.9 Å². The van der Waals surface area contributed by atoms with E-state index in [9.17, 15) is 9.90 Å². The predicted molar refractivity (Wildman–Crippen MR) is 146 cm³/mol. The molecule has 1 aromatic carbocycles. The Morgan fingerprint density at radius 3 is 2.47 bits per heavy atom. The molecule has 194 valence electrons. The average Bonchev–Trinajstić information content (AvgIpc) is 2.84. The van der Waals surface area contributed by atoms with Crippen molar-refractivity contribution in [3.8, 4) is 0 Å². The number of hydrogen-bond acceptors (Lipinski definition) is 9. The van der Waals surface area contributed by atoms with Gasteiger partial charge in [0.05, 0.1) is 6.61 Å². The third kappa shape index (κ3) is 7.74. The van der Waals surface area contributed by atoms with Gasteiger partial charge in [-0.1, -0.05) is 6.92 Å². The number of benzene rings is 1. The summed E-state index contributed by atoms with van der Waals surface area (Å²) in [6.45, 7) is 10.8. The van der Waals surface area contributed by atoms with Crippen LogP contribution in [0.5, 0.6) is 0 Å². The van der Waals surface area contributed by atoms with Crippen molar-refractivity contribution >= 4 is 46.5 Å². The highest BCUT2D eigenvalue weighted by Crippen LogP contribution is 2.30. The molecule has 1 aliphatic rings. The molecule has 1 aromatic heterocycles. The number of amidine groups is 1. The van der Waals surface area contributed by atoms with Crippen molar-refractivity contribution in [1.29, 1.82) is 5.41 Å². The third-order valence-electron chi connectivity index (χ3n) is 5.90. The lowest BCUT2D eigenvalue weighted by molar-refractivity contribution is -0.115. The molecule has 0 aliphatic carbocycles. The number of aliphatic hydroxyl groups is 1. The smallest absolute Gasteiger partial charge is 0.224 e. The molecule has 2 heterocycles. The molecule has 0 spiro atoms. The minimum absolute atomic E-state index is 0.0332. The summed E-state index contributed by atoms with van der Waals surface area (Å²) < 4.78 is 0. The first kappa shape index (κ1) is 27.6. The van der Waals surface area contributed by atoms with Crippen LogP contribution in [0, 0.1) is 5.41 Å². The van der Waals surface area contributed by atoms with Crippen LogP contribution in [-0.2, 0) is 4.79 Å². The zero-order chi connectivity index (χ0) is 26.3. The van der Waals surface area contributed by atoms with E-state index in [1.165, 1.54) is 11.8 Å². The molecule has 1 aliphatic heterocycles. The Kier molecular flexibility index (Phi) is 9.41. The third-order valence-corrected chi connectivity index (χ3v) is 6.77. The van der Waals surface area contributed by atoms with Crippen LogP contribution < -0.4 is 16.0 Å². The van der Waals surface area contributed by atoms with Crippen LogP contribution in [0.25, 0.3) is 0 Å². The van der Waals surface area contributed by atoms with Gasteiger partial charge < -0.3 is 26.5 Å². The molecule has 3 rings (SSSR count). The van der Waals surface area contributed by atoms with Crippen LogP contribution in [0.15, 0.2) is 45.4 Å². The zero-order valence-electron chi connectivity index (χ0n) is 21.4. The number of amides is 1. The lowest BCUT2D eigenvalue weighted by atomic mass is 10.0. The highest BCUT2D eigenvalue weighted by Gasteiger charge is 2.30. The first-order chi connectivity index (χ1) is 17.1. The zero-order valence-corrected chi connectivity index (χ0v) is 22.2. The van der Waals surface area contributed by atoms with Gasteiger partial charge in [-0.25, -0.2) is 15.0 Å². The number of nitrogens with two attached hydrogens (primary N) is 1. The number of aliphatic hydroxyl groups excluding tert-OH is 1. The first-order valence-electron chi connectivity index (χ1n) is 12.0. The Morgan fingerprint density at radius 2 is 1.89 bits per heavy atom. The molecule has 1 saturated heterocycles. The van der Waals surface area contributed by atoms with Gasteiger partial charge in [0.1, 0.15) is 11.7 Å². The van der Waals surface area contributed by atoms with E-state index < -0.39 is 0 Å². The fraction of sp³-hybridized carbons (Fsp3) is 0.480. The molecule has 36 heavy (non-hydrogen) atoms. The number of carbonyl (C=O) groups is 1. The quantitative estimate of drug-likeness (QED) is 0.216. The van der Waals surface area contributed by atoms with Gasteiger partial charge >= 0.3 is 0 Å². The van der Waals surface area contributed by atoms with Gasteiger partial charge in [-0.15, -0.1) is 0 Å². The minimum Gasteiger partial charge on any atom is -0.394 e. The van der Waals surface area contributed by atoms with E-state index in [1.807, 2.05) is 51.1 Å². The molecule has 0 atom stereocenters. The second kappa shape index (κ2) is 12.3. The summed E-state index contributed by atoms with van der Waals surface area (Å²) in [5.41, 5.74) is 6.95. The van der Waals surface area contributed by atoms with E-state index in [0.717, 1.165) is 42.6 Å². The van der Waals surface area contributed by atoms with Crippen LogP contribution >= 0.6 is 11.8 Å². The van der Waals surface area contributed by atoms with E-state index in [1.54, 1.807) is 6.92 Å². The fourth-order valence-corrected chi connectivity index (χ4v) is 4.49. The lowest BCUT2D eigenvalue weighted by Crippen LogP contribution is -2.56. The van der Waals surface area contributed by atoms with Gasteiger partial charge in [0.25, 0.3) is 0 Å². The van der Waals surface area contributed by atoms with Gasteiger partial charge in [0.15, 0.2) is 11.0 Å². The maximum absolute atomic E-state index is 11.6. The van der Waals surface area contributed by atoms with E-state index in [2.05, 4.69) is 25.1 Å². The summed E-state index contributed by atoms with van der Waals surface area (Å²) in [5.74, 6) is 1.51. The molecule has 1 fully saturated rings. The Morgan fingerprint density at radius 1 is 1.22 bits per heavy atom. The van der Waals surface area contributed by atoms with Crippen LogP contribution in [0.3, 0.4) is 0 Å². The van der Waals surface area contributed by atoms with Gasteiger partial charge in [0.2, 0.25) is 5.91 Å². The second-order valence-corrected chi connectivity index (χ2v) is 10.4. The topological polar surface area (TPSA) is 144 Å². The minimum atomic E-state index is -0.268. The second-order valence-electron chi connectivity index (χ2n) is 9.40. The van der Waals surface area contributed by atoms with E-state index in [4.69, 9.17) is 16.1 Å². The van der Waals surface area contributed by atoms with Crippen molar-refractivity contribution in [2.45, 2.75) is 56.1 Å². The van der Waals surface area contributed by atoms with Gasteiger partial charge in [0, 0.05) is 66.9 Å². The number of nitrogens with one attached hydrogen (secondary N) is 2. The standard InChI is InChI=1S/C25H36N8O2S/c1-5-23(35)28-18-6-8-19(9-7-18)36-24-30-21(29-20(27)14-17(2)26)15-22(31-24)32-10-12-33(13-11-32)25(3,4)16-34/h6-9,15,26,34H,5,10-14,16H2,1-4H3,(H,28,35)(H2,27,29,30,31). The number of carbonyl (C=O) groups excluding carboxylic acids is 1. The molecule has 0 saturated carbocycles. The monoisotopic (exact) mass is 512 g/mol. The number of hydrogen-bond donors (Lipinski definition) is 4. The van der Waals surface area contributed by atoms with Crippen molar-refractivity contribution in [2.24, 2.45) is 10.7 Å². The molecule has 11 heteroatoms. The fourth-order valence-electron chi connectivity index (χ4n) is 3.73. The van der Waals surface area contributed by atoms with Crippen LogP contribution in [-0.4, -0.2) is 75.8 Å². The van der Waals surface area contributed by atoms with Crippen molar-refractivity contribution in [2.75, 3.05) is 43.0 Å². The number of anilines is 2. The van der Waals surface area contributed by atoms with E-state index >= 15 is 0 Å². The maximum atomic E-state index is 11.6. The van der Waals surface area contributed by atoms with Gasteiger partial charge in [-0.3, -0.25) is 9.69 Å². The molecule has 0 unspecified atom stereocenters. The summed E-state index contributed by atoms with van der Waals surface area (Å²) in [4.78, 5) is 30.9. The first-order valence-corrected chi connectivity index (χ1v) is 12.9. The number of piperazine rings is 1. The number of aliphatic imine (C=N–C) groups is 1. The molecule has 0 bridgehead atoms. The lowest BCUT2D eigenvalue weighted by Gasteiger charge is -2.43. The number of rotatable bonds is 10. The molecule has 10 nitrogen and oxygen atoms in total. The normalized spacial score (nSPS) is 15.1. The molecular weight excluding hydrogens is 476 g/mol. The van der Waals surface area contributed by atoms with Crippen molar-refractivity contribution in [3.63, 3.8) is 0 Å². The maximum Gasteiger partial charge on any atom is 0.224 e. The Hall–Kier alpha value is -3.02. The van der Waals surface area contributed by atoms with Crippen molar-refractivity contribution < 1.29 is 9.90 Å². The van der Waals surface area contributed by atoms with Crippen LogP contribution in [0.2, 0.25) is 0 Å². The molecule has 5 N–H and O–H groups in total. The Balaban J connectivity index is 1.84. The number of aromatic nitrogens is 2. The average molecular weight is 513 g/mol. The Labute approximate surface area is 216 Å². The van der Waals surface area contributed by atoms with E-state index in [-0.39, 0.29) is 24.5 Å².